The smallest absolute Gasteiger partial charge is 0.314 e. The lowest BCUT2D eigenvalue weighted by Crippen LogP contribution is -2.27. The van der Waals surface area contributed by atoms with Crippen LogP contribution in [-0.4, -0.2) is 31.1 Å². The van der Waals surface area contributed by atoms with Crippen LogP contribution in [0.15, 0.2) is 48.5 Å². The number of hydrogen-bond acceptors (Lipinski definition) is 4. The fraction of sp³-hybridized carbons (Fsp3) is 0.263. The van der Waals surface area contributed by atoms with Crippen LogP contribution < -0.4 is 9.47 Å². The van der Waals surface area contributed by atoms with E-state index in [-0.39, 0.29) is 18.6 Å². The molecule has 2 aromatic carbocycles. The summed E-state index contributed by atoms with van der Waals surface area (Å²) in [5.74, 6) is -1.44. The number of ether oxygens (including phenoxy) is 2. The van der Waals surface area contributed by atoms with E-state index in [9.17, 15) is 14.7 Å². The molecule has 0 saturated heterocycles. The zero-order valence-electron chi connectivity index (χ0n) is 13.7. The second-order valence-corrected chi connectivity index (χ2v) is 5.41. The summed E-state index contributed by atoms with van der Waals surface area (Å²) < 4.78 is 10.4. The summed E-state index contributed by atoms with van der Waals surface area (Å²) in [5.41, 5.74) is 1.52. The van der Waals surface area contributed by atoms with Crippen LogP contribution in [0.1, 0.15) is 11.1 Å². The van der Waals surface area contributed by atoms with E-state index in [1.165, 1.54) is 14.2 Å². The minimum Gasteiger partial charge on any atom is -0.493 e. The third kappa shape index (κ3) is 4.35. The van der Waals surface area contributed by atoms with Crippen molar-refractivity contribution in [1.29, 1.82) is 0 Å². The van der Waals surface area contributed by atoms with Crippen molar-refractivity contribution in [2.45, 2.75) is 12.8 Å². The Kier molecular flexibility index (Phi) is 5.95. The molecule has 0 fully saturated rings. The van der Waals surface area contributed by atoms with E-state index < -0.39 is 11.9 Å². The molecule has 0 amide bonds. The normalized spacial score (nSPS) is 11.6. The van der Waals surface area contributed by atoms with Gasteiger partial charge in [0.25, 0.3) is 0 Å². The molecule has 0 spiro atoms. The van der Waals surface area contributed by atoms with E-state index in [1.54, 1.807) is 18.2 Å². The average molecular weight is 328 g/mol. The summed E-state index contributed by atoms with van der Waals surface area (Å²) in [6.07, 6.45) is 0.215. The van der Waals surface area contributed by atoms with Crippen molar-refractivity contribution in [1.82, 2.24) is 0 Å². The molecule has 1 atom stereocenters. The zero-order chi connectivity index (χ0) is 17.5. The largest absolute Gasteiger partial charge is 0.493 e. The fourth-order valence-corrected chi connectivity index (χ4v) is 2.50. The fourth-order valence-electron chi connectivity index (χ4n) is 2.50. The van der Waals surface area contributed by atoms with E-state index in [1.807, 2.05) is 30.3 Å². The Balaban J connectivity index is 2.15. The summed E-state index contributed by atoms with van der Waals surface area (Å²) in [6, 6.07) is 14.3. The third-order valence-corrected chi connectivity index (χ3v) is 3.80. The van der Waals surface area contributed by atoms with E-state index in [4.69, 9.17) is 9.47 Å². The molecule has 5 heteroatoms. The lowest BCUT2D eigenvalue weighted by Gasteiger charge is -2.13. The Bertz CT molecular complexity index is 709. The molecular weight excluding hydrogens is 308 g/mol. The molecule has 0 radical (unpaired) electrons. The van der Waals surface area contributed by atoms with Crippen molar-refractivity contribution in [2.24, 2.45) is 5.92 Å². The van der Waals surface area contributed by atoms with Crippen LogP contribution in [0.2, 0.25) is 0 Å². The molecule has 1 N–H and O–H groups in total. The molecule has 0 saturated carbocycles. The Morgan fingerprint density at radius 2 is 1.62 bits per heavy atom. The molecule has 1 unspecified atom stereocenters. The molecule has 24 heavy (non-hydrogen) atoms. The number of Topliss-reactive ketones (excluding diaryl/α,β-unsaturated/α-hetero) is 1. The predicted octanol–water partition coefficient (Wildman–Crippen LogP) is 2.76. The van der Waals surface area contributed by atoms with Gasteiger partial charge in [-0.1, -0.05) is 36.4 Å². The monoisotopic (exact) mass is 328 g/mol. The maximum absolute atomic E-state index is 12.5. The second kappa shape index (κ2) is 8.15. The highest BCUT2D eigenvalue weighted by atomic mass is 16.5. The molecule has 0 aliphatic carbocycles. The van der Waals surface area contributed by atoms with Crippen LogP contribution in [0.3, 0.4) is 0 Å². The number of carboxylic acid groups (broad SMARTS) is 1. The highest BCUT2D eigenvalue weighted by molar-refractivity contribution is 5.99. The Labute approximate surface area is 140 Å². The standard InChI is InChI=1S/C19H20O5/c1-23-17-9-8-14(12-18(17)24-2)11-16(20)15(19(21)22)10-13-6-4-3-5-7-13/h3-9,12,15H,10-11H2,1-2H3,(H,21,22). The number of carbonyl (C=O) groups is 2. The number of rotatable bonds is 8. The highest BCUT2D eigenvalue weighted by Gasteiger charge is 2.26. The summed E-state index contributed by atoms with van der Waals surface area (Å²) in [6.45, 7) is 0. The molecule has 0 aliphatic heterocycles. The van der Waals surface area contributed by atoms with Crippen LogP contribution in [0.25, 0.3) is 0 Å². The topological polar surface area (TPSA) is 72.8 Å². The van der Waals surface area contributed by atoms with Crippen molar-refractivity contribution >= 4 is 11.8 Å². The van der Waals surface area contributed by atoms with Gasteiger partial charge in [-0.2, -0.15) is 0 Å². The SMILES string of the molecule is COc1ccc(CC(=O)C(Cc2ccccc2)C(=O)O)cc1OC. The molecular formula is C19H20O5. The van der Waals surface area contributed by atoms with Gasteiger partial charge in [0.05, 0.1) is 14.2 Å². The average Bonchev–Trinajstić information content (AvgIpc) is 2.60. The van der Waals surface area contributed by atoms with Gasteiger partial charge in [0.1, 0.15) is 5.92 Å². The maximum atomic E-state index is 12.5. The van der Waals surface area contributed by atoms with Crippen LogP contribution in [0.5, 0.6) is 11.5 Å². The predicted molar refractivity (Wildman–Crippen MR) is 89.5 cm³/mol. The first-order chi connectivity index (χ1) is 11.5. The summed E-state index contributed by atoms with van der Waals surface area (Å²) >= 11 is 0. The minimum atomic E-state index is -1.11. The first kappa shape index (κ1) is 17.5. The third-order valence-electron chi connectivity index (χ3n) is 3.80. The number of aliphatic carboxylic acids is 1. The number of methoxy groups -OCH3 is 2. The molecule has 2 rings (SSSR count). The molecule has 126 valence electrons. The van der Waals surface area contributed by atoms with Gasteiger partial charge in [-0.3, -0.25) is 9.59 Å². The van der Waals surface area contributed by atoms with Crippen LogP contribution in [0, 0.1) is 5.92 Å². The van der Waals surface area contributed by atoms with Crippen molar-refractivity contribution in [2.75, 3.05) is 14.2 Å². The minimum absolute atomic E-state index is 0.0319. The van der Waals surface area contributed by atoms with Gasteiger partial charge in [-0.15, -0.1) is 0 Å². The number of ketones is 1. The van der Waals surface area contributed by atoms with Crippen molar-refractivity contribution in [3.8, 4) is 11.5 Å². The van der Waals surface area contributed by atoms with Gasteiger partial charge in [0, 0.05) is 6.42 Å². The van der Waals surface area contributed by atoms with Crippen molar-refractivity contribution in [3.63, 3.8) is 0 Å². The number of benzene rings is 2. The van der Waals surface area contributed by atoms with Crippen molar-refractivity contribution < 1.29 is 24.2 Å². The van der Waals surface area contributed by atoms with Gasteiger partial charge < -0.3 is 14.6 Å². The van der Waals surface area contributed by atoms with Crippen molar-refractivity contribution in [3.05, 3.63) is 59.7 Å². The van der Waals surface area contributed by atoms with E-state index in [0.29, 0.717) is 17.1 Å². The molecule has 5 nitrogen and oxygen atoms in total. The van der Waals surface area contributed by atoms with E-state index >= 15 is 0 Å². The van der Waals surface area contributed by atoms with Gasteiger partial charge in [-0.25, -0.2) is 0 Å². The number of carbonyl (C=O) groups excluding carboxylic acids is 1. The molecule has 2 aromatic rings. The van der Waals surface area contributed by atoms with Crippen LogP contribution in [0.4, 0.5) is 0 Å². The zero-order valence-corrected chi connectivity index (χ0v) is 13.7. The van der Waals surface area contributed by atoms with Gasteiger partial charge in [-0.05, 0) is 29.7 Å². The van der Waals surface area contributed by atoms with Crippen LogP contribution in [-0.2, 0) is 22.4 Å². The highest BCUT2D eigenvalue weighted by Crippen LogP contribution is 2.28. The van der Waals surface area contributed by atoms with Gasteiger partial charge in [0.15, 0.2) is 17.3 Å². The first-order valence-electron chi connectivity index (χ1n) is 7.55. The second-order valence-electron chi connectivity index (χ2n) is 5.41. The first-order valence-corrected chi connectivity index (χ1v) is 7.55. The molecule has 0 aromatic heterocycles. The van der Waals surface area contributed by atoms with Crippen LogP contribution >= 0.6 is 0 Å². The maximum Gasteiger partial charge on any atom is 0.314 e. The number of hydrogen-bond donors (Lipinski definition) is 1. The summed E-state index contributed by atoms with van der Waals surface area (Å²) in [7, 11) is 3.04. The summed E-state index contributed by atoms with van der Waals surface area (Å²) in [5, 5.41) is 9.40. The quantitative estimate of drug-likeness (QED) is 0.754. The molecule has 0 bridgehead atoms. The summed E-state index contributed by atoms with van der Waals surface area (Å²) in [4.78, 5) is 24.0. The van der Waals surface area contributed by atoms with E-state index in [0.717, 1.165) is 5.56 Å². The van der Waals surface area contributed by atoms with Gasteiger partial charge in [0.2, 0.25) is 0 Å². The van der Waals surface area contributed by atoms with E-state index in [2.05, 4.69) is 0 Å². The Morgan fingerprint density at radius 1 is 0.958 bits per heavy atom. The van der Waals surface area contributed by atoms with Gasteiger partial charge >= 0.3 is 5.97 Å². The molecule has 0 aliphatic rings. The lowest BCUT2D eigenvalue weighted by molar-refractivity contribution is -0.146. The Hall–Kier alpha value is -2.82. The number of carboxylic acids is 1. The lowest BCUT2D eigenvalue weighted by atomic mass is 9.91. The Morgan fingerprint density at radius 3 is 2.21 bits per heavy atom. The molecule has 0 heterocycles.